The average molecular weight is 403 g/mol. The van der Waals surface area contributed by atoms with Gasteiger partial charge < -0.3 is 9.84 Å². The maximum atomic E-state index is 13.5. The van der Waals surface area contributed by atoms with Crippen molar-refractivity contribution in [2.45, 2.75) is 17.1 Å². The van der Waals surface area contributed by atoms with Gasteiger partial charge in [-0.15, -0.1) is 0 Å². The number of hydrogen-bond acceptors (Lipinski definition) is 4. The van der Waals surface area contributed by atoms with Crippen molar-refractivity contribution in [1.29, 1.82) is 0 Å². The van der Waals surface area contributed by atoms with Crippen LogP contribution in [0.3, 0.4) is 0 Å². The highest BCUT2D eigenvalue weighted by molar-refractivity contribution is 7.92. The summed E-state index contributed by atoms with van der Waals surface area (Å²) in [6.07, 6.45) is 0. The molecule has 0 radical (unpaired) electrons. The van der Waals surface area contributed by atoms with E-state index in [1.165, 1.54) is 7.11 Å². The lowest BCUT2D eigenvalue weighted by molar-refractivity contribution is 0.370. The van der Waals surface area contributed by atoms with Crippen LogP contribution in [0.1, 0.15) is 21.9 Å². The summed E-state index contributed by atoms with van der Waals surface area (Å²) in [6, 6.07) is 18.0. The molecule has 0 aromatic heterocycles. The summed E-state index contributed by atoms with van der Waals surface area (Å²) in [5.74, 6) is 0.0150. The molecule has 0 heterocycles. The van der Waals surface area contributed by atoms with Crippen LogP contribution >= 0.6 is 11.6 Å². The van der Waals surface area contributed by atoms with Crippen LogP contribution in [-0.2, 0) is 9.84 Å². The van der Waals surface area contributed by atoms with Crippen LogP contribution in [0.2, 0.25) is 5.02 Å². The molecule has 1 unspecified atom stereocenters. The Morgan fingerprint density at radius 1 is 0.963 bits per heavy atom. The highest BCUT2D eigenvalue weighted by atomic mass is 35.5. The van der Waals surface area contributed by atoms with E-state index in [4.69, 9.17) is 16.3 Å². The summed E-state index contributed by atoms with van der Waals surface area (Å²) < 4.78 is 32.2. The molecule has 0 aliphatic rings. The molecule has 3 aromatic rings. The number of phenols is 1. The topological polar surface area (TPSA) is 63.6 Å². The van der Waals surface area contributed by atoms with Gasteiger partial charge in [0.1, 0.15) is 5.25 Å². The second-order valence-electron chi connectivity index (χ2n) is 6.19. The van der Waals surface area contributed by atoms with Crippen molar-refractivity contribution in [3.63, 3.8) is 0 Å². The number of rotatable bonds is 5. The lowest BCUT2D eigenvalue weighted by Crippen LogP contribution is -2.16. The summed E-state index contributed by atoms with van der Waals surface area (Å²) in [7, 11) is -2.42. The van der Waals surface area contributed by atoms with Gasteiger partial charge in [-0.1, -0.05) is 53.6 Å². The predicted octanol–water partition coefficient (Wildman–Crippen LogP) is 4.93. The van der Waals surface area contributed by atoms with E-state index in [1.54, 1.807) is 66.7 Å². The first kappa shape index (κ1) is 19.3. The van der Waals surface area contributed by atoms with Gasteiger partial charge in [0.25, 0.3) is 0 Å². The monoisotopic (exact) mass is 402 g/mol. The molecule has 140 valence electrons. The highest BCUT2D eigenvalue weighted by Gasteiger charge is 2.33. The smallest absolute Gasteiger partial charge is 0.189 e. The largest absolute Gasteiger partial charge is 0.504 e. The number of phenolic OH excluding ortho intramolecular Hbond substituents is 1. The van der Waals surface area contributed by atoms with Gasteiger partial charge in [0.05, 0.1) is 12.0 Å². The predicted molar refractivity (Wildman–Crippen MR) is 106 cm³/mol. The summed E-state index contributed by atoms with van der Waals surface area (Å²) >= 11 is 5.97. The molecule has 0 aliphatic carbocycles. The molecule has 3 aromatic carbocycles. The SMILES string of the molecule is COc1cccc(C(c2ccc(Cl)cc2)S(=O)(=O)c2ccc(C)cc2)c1O. The number of aromatic hydroxyl groups is 1. The standard InChI is InChI=1S/C21H19ClO4S/c1-14-6-12-17(13-7-14)27(24,25)21(15-8-10-16(22)11-9-15)18-4-3-5-19(26-2)20(18)23/h3-13,21,23H,1-2H3. The zero-order chi connectivity index (χ0) is 19.6. The lowest BCUT2D eigenvalue weighted by Gasteiger charge is -2.21. The van der Waals surface area contributed by atoms with Crippen molar-refractivity contribution >= 4 is 21.4 Å². The third-order valence-electron chi connectivity index (χ3n) is 4.37. The molecule has 4 nitrogen and oxygen atoms in total. The van der Waals surface area contributed by atoms with Crippen LogP contribution in [0, 0.1) is 6.92 Å². The maximum Gasteiger partial charge on any atom is 0.189 e. The molecule has 0 amide bonds. The fourth-order valence-electron chi connectivity index (χ4n) is 2.94. The minimum Gasteiger partial charge on any atom is -0.504 e. The molecule has 6 heteroatoms. The number of halogens is 1. The Balaban J connectivity index is 2.25. The first-order valence-electron chi connectivity index (χ1n) is 8.26. The summed E-state index contributed by atoms with van der Waals surface area (Å²) in [5, 5.41) is 10.0. The van der Waals surface area contributed by atoms with Gasteiger partial charge in [-0.25, -0.2) is 8.42 Å². The third kappa shape index (κ3) is 3.80. The molecule has 0 aliphatic heterocycles. The second-order valence-corrected chi connectivity index (χ2v) is 8.66. The Hall–Kier alpha value is -2.50. The van der Waals surface area contributed by atoms with Gasteiger partial charge in [-0.05, 0) is 42.8 Å². The van der Waals surface area contributed by atoms with Crippen LogP contribution in [-0.4, -0.2) is 20.6 Å². The van der Waals surface area contributed by atoms with Gasteiger partial charge >= 0.3 is 0 Å². The fraction of sp³-hybridized carbons (Fsp3) is 0.143. The number of para-hydroxylation sites is 1. The van der Waals surface area contributed by atoms with Gasteiger partial charge in [0, 0.05) is 10.6 Å². The highest BCUT2D eigenvalue weighted by Crippen LogP contribution is 2.42. The Morgan fingerprint density at radius 2 is 1.59 bits per heavy atom. The Bertz CT molecular complexity index is 1040. The number of hydrogen-bond donors (Lipinski definition) is 1. The number of ether oxygens (including phenoxy) is 1. The van der Waals surface area contributed by atoms with Crippen molar-refractivity contribution in [2.75, 3.05) is 7.11 Å². The minimum absolute atomic E-state index is 0.176. The molecule has 27 heavy (non-hydrogen) atoms. The van der Waals surface area contributed by atoms with E-state index in [-0.39, 0.29) is 22.0 Å². The van der Waals surface area contributed by atoms with Crippen molar-refractivity contribution in [2.24, 2.45) is 0 Å². The van der Waals surface area contributed by atoms with E-state index in [0.29, 0.717) is 10.6 Å². The molecular weight excluding hydrogens is 384 g/mol. The first-order valence-corrected chi connectivity index (χ1v) is 10.2. The summed E-state index contributed by atoms with van der Waals surface area (Å²) in [4.78, 5) is 0.176. The molecule has 1 N–H and O–H groups in total. The quantitative estimate of drug-likeness (QED) is 0.657. The van der Waals surface area contributed by atoms with Crippen molar-refractivity contribution < 1.29 is 18.3 Å². The van der Waals surface area contributed by atoms with Gasteiger partial charge in [0.2, 0.25) is 0 Å². The summed E-state index contributed by atoms with van der Waals surface area (Å²) in [5.41, 5.74) is 1.71. The van der Waals surface area contributed by atoms with E-state index >= 15 is 0 Å². The van der Waals surface area contributed by atoms with Crippen LogP contribution in [0.25, 0.3) is 0 Å². The number of sulfone groups is 1. The van der Waals surface area contributed by atoms with Crippen molar-refractivity contribution in [3.8, 4) is 11.5 Å². The Labute approximate surface area is 163 Å². The zero-order valence-corrected chi connectivity index (χ0v) is 16.5. The van der Waals surface area contributed by atoms with E-state index in [9.17, 15) is 13.5 Å². The van der Waals surface area contributed by atoms with E-state index in [1.807, 2.05) is 6.92 Å². The van der Waals surface area contributed by atoms with Gasteiger partial charge in [0.15, 0.2) is 21.3 Å². The maximum absolute atomic E-state index is 13.5. The molecule has 3 rings (SSSR count). The number of aryl methyl sites for hydroxylation is 1. The molecular formula is C21H19ClO4S. The van der Waals surface area contributed by atoms with E-state index in [0.717, 1.165) is 5.56 Å². The number of benzene rings is 3. The Morgan fingerprint density at radius 3 is 2.19 bits per heavy atom. The number of methoxy groups -OCH3 is 1. The van der Waals surface area contributed by atoms with Gasteiger partial charge in [-0.3, -0.25) is 0 Å². The van der Waals surface area contributed by atoms with Crippen molar-refractivity contribution in [3.05, 3.63) is 88.4 Å². The van der Waals surface area contributed by atoms with E-state index < -0.39 is 15.1 Å². The molecule has 0 saturated carbocycles. The van der Waals surface area contributed by atoms with Crippen LogP contribution < -0.4 is 4.74 Å². The second kappa shape index (κ2) is 7.62. The minimum atomic E-state index is -3.84. The molecule has 0 saturated heterocycles. The van der Waals surface area contributed by atoms with Crippen LogP contribution in [0.15, 0.2) is 71.6 Å². The normalized spacial score (nSPS) is 12.6. The average Bonchev–Trinajstić information content (AvgIpc) is 2.65. The molecule has 1 atom stereocenters. The van der Waals surface area contributed by atoms with Gasteiger partial charge in [-0.2, -0.15) is 0 Å². The molecule has 0 bridgehead atoms. The van der Waals surface area contributed by atoms with Crippen LogP contribution in [0.4, 0.5) is 0 Å². The lowest BCUT2D eigenvalue weighted by atomic mass is 10.0. The summed E-state index contributed by atoms with van der Waals surface area (Å²) in [6.45, 7) is 1.89. The molecule has 0 spiro atoms. The van der Waals surface area contributed by atoms with Crippen LogP contribution in [0.5, 0.6) is 11.5 Å². The third-order valence-corrected chi connectivity index (χ3v) is 6.69. The van der Waals surface area contributed by atoms with E-state index in [2.05, 4.69) is 0 Å². The molecule has 0 fully saturated rings. The van der Waals surface area contributed by atoms with Crippen molar-refractivity contribution in [1.82, 2.24) is 0 Å². The fourth-order valence-corrected chi connectivity index (χ4v) is 4.90. The first-order chi connectivity index (χ1) is 12.8. The zero-order valence-electron chi connectivity index (χ0n) is 14.9. The Kier molecular flexibility index (Phi) is 5.44.